The molecule has 0 radical (unpaired) electrons. The van der Waals surface area contributed by atoms with E-state index < -0.39 is 0 Å². The molecule has 1 aliphatic heterocycles. The second kappa shape index (κ2) is 6.72. The summed E-state index contributed by atoms with van der Waals surface area (Å²) in [6.45, 7) is 2.29. The average Bonchev–Trinajstić information content (AvgIpc) is 3.07. The number of carbonyl (C=O) groups is 1. The Morgan fingerprint density at radius 3 is 2.88 bits per heavy atom. The smallest absolute Gasteiger partial charge is 0.252 e. The molecule has 1 amide bonds. The van der Waals surface area contributed by atoms with Crippen LogP contribution in [0.2, 0.25) is 0 Å². The lowest BCUT2D eigenvalue weighted by atomic mass is 9.74. The van der Waals surface area contributed by atoms with Crippen LogP contribution >= 0.6 is 0 Å². The van der Waals surface area contributed by atoms with Crippen molar-refractivity contribution in [3.8, 4) is 5.75 Å². The van der Waals surface area contributed by atoms with Gasteiger partial charge in [0.15, 0.2) is 0 Å². The number of benzene rings is 2. The van der Waals surface area contributed by atoms with E-state index in [-0.39, 0.29) is 29.8 Å². The first-order chi connectivity index (χ1) is 12.5. The Morgan fingerprint density at radius 1 is 1.31 bits per heavy atom. The van der Waals surface area contributed by atoms with Crippen molar-refractivity contribution >= 4 is 5.91 Å². The topological polar surface area (TPSA) is 58.6 Å². The molecule has 1 heterocycles. The van der Waals surface area contributed by atoms with E-state index in [1.54, 1.807) is 19.1 Å². The van der Waals surface area contributed by atoms with Gasteiger partial charge in [-0.2, -0.15) is 0 Å². The van der Waals surface area contributed by atoms with Gasteiger partial charge in [0.1, 0.15) is 11.6 Å². The number of ether oxygens (including phenoxy) is 1. The molecule has 1 fully saturated rings. The molecule has 4 rings (SSSR count). The van der Waals surface area contributed by atoms with Crippen molar-refractivity contribution in [2.24, 2.45) is 5.92 Å². The van der Waals surface area contributed by atoms with Gasteiger partial charge in [-0.1, -0.05) is 12.1 Å². The number of halogens is 1. The van der Waals surface area contributed by atoms with Crippen molar-refractivity contribution in [2.45, 2.75) is 38.3 Å². The van der Waals surface area contributed by atoms with Crippen molar-refractivity contribution in [3.63, 3.8) is 0 Å². The molecular weight excluding hydrogens is 333 g/mol. The van der Waals surface area contributed by atoms with Crippen LogP contribution in [0.1, 0.15) is 45.9 Å². The molecule has 1 atom stereocenters. The maximum Gasteiger partial charge on any atom is 0.252 e. The minimum atomic E-state index is -0.386. The van der Waals surface area contributed by atoms with E-state index in [2.05, 4.69) is 11.4 Å². The number of hydrogen-bond acceptors (Lipinski definition) is 3. The molecular formula is C21H22FNO3. The van der Waals surface area contributed by atoms with Gasteiger partial charge in [-0.25, -0.2) is 4.39 Å². The van der Waals surface area contributed by atoms with Gasteiger partial charge in [-0.3, -0.25) is 4.79 Å². The lowest BCUT2D eigenvalue weighted by molar-refractivity contribution is 0.0235. The molecule has 2 aliphatic rings. The van der Waals surface area contributed by atoms with Crippen LogP contribution in [0.5, 0.6) is 5.75 Å². The standard InChI is InChI=1S/C21H22FNO3/c1-12-17(3-2-4-18(12)22)21(25)23-20(15-10-16(24)11-15)14-5-6-19-13(9-14)7-8-26-19/h2-6,9,15-16,20,24H,7-8,10-11H2,1H3,(H,23,25)/t15?,16?,20-/m0/s1. The van der Waals surface area contributed by atoms with Gasteiger partial charge in [0.05, 0.1) is 18.8 Å². The average molecular weight is 355 g/mol. The minimum Gasteiger partial charge on any atom is -0.493 e. The molecule has 2 aromatic rings. The third kappa shape index (κ3) is 3.07. The maximum atomic E-state index is 13.8. The molecule has 0 bridgehead atoms. The molecule has 0 unspecified atom stereocenters. The van der Waals surface area contributed by atoms with Gasteiger partial charge in [0, 0.05) is 12.0 Å². The fraction of sp³-hybridized carbons (Fsp3) is 0.381. The van der Waals surface area contributed by atoms with Crippen LogP contribution in [-0.2, 0) is 6.42 Å². The quantitative estimate of drug-likeness (QED) is 0.885. The van der Waals surface area contributed by atoms with Crippen molar-refractivity contribution in [1.82, 2.24) is 5.32 Å². The van der Waals surface area contributed by atoms with Crippen molar-refractivity contribution in [3.05, 3.63) is 64.5 Å². The van der Waals surface area contributed by atoms with Crippen molar-refractivity contribution in [2.75, 3.05) is 6.61 Å². The maximum absolute atomic E-state index is 13.8. The number of carbonyl (C=O) groups excluding carboxylic acids is 1. The summed E-state index contributed by atoms with van der Waals surface area (Å²) in [6.07, 6.45) is 1.86. The van der Waals surface area contributed by atoms with Crippen LogP contribution in [0.4, 0.5) is 4.39 Å². The van der Waals surface area contributed by atoms with E-state index >= 15 is 0 Å². The van der Waals surface area contributed by atoms with Gasteiger partial charge in [-0.05, 0) is 66.6 Å². The molecule has 4 nitrogen and oxygen atoms in total. The van der Waals surface area contributed by atoms with Gasteiger partial charge < -0.3 is 15.2 Å². The van der Waals surface area contributed by atoms with E-state index in [1.165, 1.54) is 6.07 Å². The summed E-state index contributed by atoms with van der Waals surface area (Å²) >= 11 is 0. The second-order valence-corrected chi connectivity index (χ2v) is 7.21. The van der Waals surface area contributed by atoms with Crippen molar-refractivity contribution in [1.29, 1.82) is 0 Å². The first kappa shape index (κ1) is 17.0. The Kier molecular flexibility index (Phi) is 4.41. The summed E-state index contributed by atoms with van der Waals surface area (Å²) < 4.78 is 19.4. The van der Waals surface area contributed by atoms with Crippen LogP contribution in [-0.4, -0.2) is 23.7 Å². The minimum absolute atomic E-state index is 0.170. The summed E-state index contributed by atoms with van der Waals surface area (Å²) in [7, 11) is 0. The van der Waals surface area contributed by atoms with Crippen LogP contribution in [0.15, 0.2) is 36.4 Å². The highest BCUT2D eigenvalue weighted by Crippen LogP contribution is 2.40. The summed E-state index contributed by atoms with van der Waals surface area (Å²) in [6, 6.07) is 10.3. The Labute approximate surface area is 152 Å². The lowest BCUT2D eigenvalue weighted by Gasteiger charge is -2.38. The number of nitrogens with one attached hydrogen (secondary N) is 1. The monoisotopic (exact) mass is 355 g/mol. The van der Waals surface area contributed by atoms with Gasteiger partial charge in [0.2, 0.25) is 0 Å². The van der Waals surface area contributed by atoms with E-state index in [0.717, 1.165) is 23.3 Å². The Balaban J connectivity index is 1.62. The van der Waals surface area contributed by atoms with Crippen LogP contribution in [0, 0.1) is 18.7 Å². The molecule has 0 spiro atoms. The predicted octanol–water partition coefficient (Wildman–Crippen LogP) is 3.31. The summed E-state index contributed by atoms with van der Waals surface area (Å²) in [4.78, 5) is 12.8. The molecule has 136 valence electrons. The van der Waals surface area contributed by atoms with E-state index in [4.69, 9.17) is 4.74 Å². The third-order valence-electron chi connectivity index (χ3n) is 5.49. The highest BCUT2D eigenvalue weighted by Gasteiger charge is 2.36. The van der Waals surface area contributed by atoms with Gasteiger partial charge in [0.25, 0.3) is 5.91 Å². The summed E-state index contributed by atoms with van der Waals surface area (Å²) in [5, 5.41) is 12.8. The highest BCUT2D eigenvalue weighted by atomic mass is 19.1. The molecule has 0 saturated heterocycles. The van der Waals surface area contributed by atoms with Gasteiger partial charge in [-0.15, -0.1) is 0 Å². The number of fused-ring (bicyclic) bond motifs is 1. The second-order valence-electron chi connectivity index (χ2n) is 7.21. The van der Waals surface area contributed by atoms with Crippen LogP contribution < -0.4 is 10.1 Å². The number of aliphatic hydroxyl groups excluding tert-OH is 1. The molecule has 0 aromatic heterocycles. The number of amides is 1. The highest BCUT2D eigenvalue weighted by molar-refractivity contribution is 5.95. The fourth-order valence-corrected chi connectivity index (χ4v) is 3.85. The summed E-state index contributed by atoms with van der Waals surface area (Å²) in [5.41, 5.74) is 2.84. The van der Waals surface area contributed by atoms with Crippen LogP contribution in [0.25, 0.3) is 0 Å². The lowest BCUT2D eigenvalue weighted by Crippen LogP contribution is -2.41. The molecule has 5 heteroatoms. The first-order valence-corrected chi connectivity index (χ1v) is 9.02. The molecule has 2 aromatic carbocycles. The molecule has 26 heavy (non-hydrogen) atoms. The number of aliphatic hydroxyl groups is 1. The van der Waals surface area contributed by atoms with Crippen molar-refractivity contribution < 1.29 is 19.0 Å². The first-order valence-electron chi connectivity index (χ1n) is 9.02. The summed E-state index contributed by atoms with van der Waals surface area (Å²) in [5.74, 6) is 0.393. The zero-order valence-electron chi connectivity index (χ0n) is 14.7. The third-order valence-corrected chi connectivity index (χ3v) is 5.49. The Bertz CT molecular complexity index is 845. The SMILES string of the molecule is Cc1c(F)cccc1C(=O)N[C@@H](c1ccc2c(c1)CCO2)C1CC(O)C1. The molecule has 1 saturated carbocycles. The van der Waals surface area contributed by atoms with E-state index in [9.17, 15) is 14.3 Å². The van der Waals surface area contributed by atoms with E-state index in [1.807, 2.05) is 12.1 Å². The zero-order valence-corrected chi connectivity index (χ0v) is 14.7. The largest absolute Gasteiger partial charge is 0.493 e. The zero-order chi connectivity index (χ0) is 18.3. The van der Waals surface area contributed by atoms with Crippen LogP contribution in [0.3, 0.4) is 0 Å². The predicted molar refractivity (Wildman–Crippen MR) is 95.7 cm³/mol. The Morgan fingerprint density at radius 2 is 2.12 bits per heavy atom. The van der Waals surface area contributed by atoms with Gasteiger partial charge >= 0.3 is 0 Å². The molecule has 2 N–H and O–H groups in total. The normalized spacial score (nSPS) is 22.1. The number of rotatable bonds is 4. The number of hydrogen-bond donors (Lipinski definition) is 2. The Hall–Kier alpha value is -2.40. The van der Waals surface area contributed by atoms with E-state index in [0.29, 0.717) is 30.6 Å². The molecule has 1 aliphatic carbocycles. The fourth-order valence-electron chi connectivity index (χ4n) is 3.85.